The third-order valence-electron chi connectivity index (χ3n) is 4.24. The highest BCUT2D eigenvalue weighted by atomic mass is 35.5. The topological polar surface area (TPSA) is 77.8 Å². The van der Waals surface area contributed by atoms with Crippen molar-refractivity contribution in [1.82, 2.24) is 5.32 Å². The van der Waals surface area contributed by atoms with Crippen LogP contribution in [0.5, 0.6) is 11.5 Å². The summed E-state index contributed by atoms with van der Waals surface area (Å²) in [6.07, 6.45) is 0.529. The highest BCUT2D eigenvalue weighted by Crippen LogP contribution is 2.38. The lowest BCUT2D eigenvalue weighted by atomic mass is 10.1. The van der Waals surface area contributed by atoms with Crippen molar-refractivity contribution < 1.29 is 18.7 Å². The Hall–Kier alpha value is -2.99. The maximum atomic E-state index is 12.4. The van der Waals surface area contributed by atoms with Crippen molar-refractivity contribution in [1.29, 1.82) is 0 Å². The van der Waals surface area contributed by atoms with Crippen LogP contribution in [0.15, 0.2) is 51.7 Å². The lowest BCUT2D eigenvalue weighted by Crippen LogP contribution is -2.30. The summed E-state index contributed by atoms with van der Waals surface area (Å²) in [6, 6.07) is 12.2. The zero-order valence-corrected chi connectivity index (χ0v) is 15.0. The van der Waals surface area contributed by atoms with Gasteiger partial charge in [0, 0.05) is 11.9 Å². The van der Waals surface area contributed by atoms with Crippen LogP contribution in [-0.4, -0.2) is 25.7 Å². The highest BCUT2D eigenvalue weighted by molar-refractivity contribution is 6.32. The molecule has 0 saturated heterocycles. The van der Waals surface area contributed by atoms with Gasteiger partial charge < -0.3 is 19.2 Å². The molecule has 138 valence electrons. The lowest BCUT2D eigenvalue weighted by Gasteiger charge is -2.20. The summed E-state index contributed by atoms with van der Waals surface area (Å²) in [5.74, 6) is 0.674. The van der Waals surface area contributed by atoms with E-state index in [1.165, 1.54) is 6.07 Å². The summed E-state index contributed by atoms with van der Waals surface area (Å²) in [7, 11) is 0. The van der Waals surface area contributed by atoms with Crippen LogP contribution >= 0.6 is 11.6 Å². The van der Waals surface area contributed by atoms with Crippen LogP contribution in [0.1, 0.15) is 15.9 Å². The molecule has 7 heteroatoms. The monoisotopic (exact) mass is 385 g/mol. The molecule has 0 radical (unpaired) electrons. The fourth-order valence-corrected chi connectivity index (χ4v) is 3.23. The van der Waals surface area contributed by atoms with E-state index in [4.69, 9.17) is 25.5 Å². The second-order valence-electron chi connectivity index (χ2n) is 6.09. The van der Waals surface area contributed by atoms with E-state index >= 15 is 0 Å². The third kappa shape index (κ3) is 3.61. The Labute approximate surface area is 159 Å². The number of ether oxygens (including phenoxy) is 2. The van der Waals surface area contributed by atoms with E-state index in [0.29, 0.717) is 53.7 Å². The van der Waals surface area contributed by atoms with Gasteiger partial charge >= 0.3 is 5.63 Å². The maximum absolute atomic E-state index is 12.4. The van der Waals surface area contributed by atoms with E-state index in [0.717, 1.165) is 5.56 Å². The first-order valence-corrected chi connectivity index (χ1v) is 8.89. The molecule has 0 aliphatic carbocycles. The number of amides is 1. The SMILES string of the molecule is O=C(NCCc1cc(Cl)c2c(c1)OCCO2)c1cc2ccccc2oc1=O. The number of hydrogen-bond donors (Lipinski definition) is 1. The molecule has 2 aromatic carbocycles. The molecule has 0 unspecified atom stereocenters. The molecule has 0 fully saturated rings. The van der Waals surface area contributed by atoms with Gasteiger partial charge in [-0.05, 0) is 36.2 Å². The summed E-state index contributed by atoms with van der Waals surface area (Å²) in [6.45, 7) is 1.28. The Morgan fingerprint density at radius 3 is 2.81 bits per heavy atom. The van der Waals surface area contributed by atoms with Gasteiger partial charge in [0.25, 0.3) is 5.91 Å². The van der Waals surface area contributed by atoms with Gasteiger partial charge in [0.2, 0.25) is 0 Å². The number of fused-ring (bicyclic) bond motifs is 2. The zero-order chi connectivity index (χ0) is 18.8. The molecule has 1 aromatic heterocycles. The van der Waals surface area contributed by atoms with Crippen molar-refractivity contribution >= 4 is 28.5 Å². The third-order valence-corrected chi connectivity index (χ3v) is 4.52. The number of rotatable bonds is 4. The van der Waals surface area contributed by atoms with Gasteiger partial charge in [-0.1, -0.05) is 29.8 Å². The molecule has 27 heavy (non-hydrogen) atoms. The Morgan fingerprint density at radius 1 is 1.11 bits per heavy atom. The van der Waals surface area contributed by atoms with Crippen LogP contribution in [0, 0.1) is 0 Å². The predicted octanol–water partition coefficient (Wildman–Crippen LogP) is 3.19. The fourth-order valence-electron chi connectivity index (χ4n) is 2.94. The number of benzene rings is 2. The van der Waals surface area contributed by atoms with Crippen LogP contribution in [0.3, 0.4) is 0 Å². The van der Waals surface area contributed by atoms with Crippen molar-refractivity contribution in [3.05, 3.63) is 69.0 Å². The van der Waals surface area contributed by atoms with E-state index in [1.807, 2.05) is 12.1 Å². The molecule has 0 atom stereocenters. The first kappa shape index (κ1) is 17.4. The molecule has 1 amide bonds. The van der Waals surface area contributed by atoms with Gasteiger partial charge in [-0.3, -0.25) is 4.79 Å². The van der Waals surface area contributed by atoms with Gasteiger partial charge in [0.05, 0.1) is 5.02 Å². The van der Waals surface area contributed by atoms with Crippen molar-refractivity contribution in [3.63, 3.8) is 0 Å². The van der Waals surface area contributed by atoms with Crippen LogP contribution in [0.25, 0.3) is 11.0 Å². The average Bonchev–Trinajstić information content (AvgIpc) is 2.67. The largest absolute Gasteiger partial charge is 0.486 e. The van der Waals surface area contributed by atoms with Crippen molar-refractivity contribution in [2.45, 2.75) is 6.42 Å². The molecule has 6 nitrogen and oxygen atoms in total. The van der Waals surface area contributed by atoms with Crippen molar-refractivity contribution in [2.75, 3.05) is 19.8 Å². The van der Waals surface area contributed by atoms with E-state index in [-0.39, 0.29) is 5.56 Å². The second kappa shape index (κ2) is 7.32. The first-order valence-electron chi connectivity index (χ1n) is 8.51. The number of carbonyl (C=O) groups excluding carboxylic acids is 1. The normalized spacial score (nSPS) is 12.8. The molecule has 2 heterocycles. The lowest BCUT2D eigenvalue weighted by molar-refractivity contribution is 0.0950. The summed E-state index contributed by atoms with van der Waals surface area (Å²) in [5, 5.41) is 3.91. The molecule has 3 aromatic rings. The Balaban J connectivity index is 1.45. The number of carbonyl (C=O) groups is 1. The van der Waals surface area contributed by atoms with E-state index in [2.05, 4.69) is 5.32 Å². The molecule has 1 aliphatic heterocycles. The standard InChI is InChI=1S/C20H16ClNO5/c21-15-9-12(10-17-18(15)26-8-7-25-17)5-6-22-19(23)14-11-13-3-1-2-4-16(13)27-20(14)24/h1-4,9-11H,5-8H2,(H,22,23). The molecule has 4 rings (SSSR count). The van der Waals surface area contributed by atoms with Crippen LogP contribution in [0.2, 0.25) is 5.02 Å². The molecular formula is C20H16ClNO5. The molecule has 1 aliphatic rings. The molecule has 0 saturated carbocycles. The Morgan fingerprint density at radius 2 is 1.93 bits per heavy atom. The fraction of sp³-hybridized carbons (Fsp3) is 0.200. The van der Waals surface area contributed by atoms with Crippen molar-refractivity contribution in [3.8, 4) is 11.5 Å². The van der Waals surface area contributed by atoms with Gasteiger partial charge in [0.15, 0.2) is 11.5 Å². The summed E-state index contributed by atoms with van der Waals surface area (Å²) >= 11 is 6.21. The minimum atomic E-state index is -0.659. The van der Waals surface area contributed by atoms with Crippen LogP contribution in [0.4, 0.5) is 0 Å². The summed E-state index contributed by atoms with van der Waals surface area (Å²) in [4.78, 5) is 24.4. The Bertz CT molecular complexity index is 1080. The summed E-state index contributed by atoms with van der Waals surface area (Å²) < 4.78 is 16.2. The zero-order valence-electron chi connectivity index (χ0n) is 14.3. The number of nitrogens with one attached hydrogen (secondary N) is 1. The predicted molar refractivity (Wildman–Crippen MR) is 101 cm³/mol. The molecular weight excluding hydrogens is 370 g/mol. The van der Waals surface area contributed by atoms with Crippen LogP contribution < -0.4 is 20.4 Å². The smallest absolute Gasteiger partial charge is 0.349 e. The first-order chi connectivity index (χ1) is 13.1. The minimum Gasteiger partial charge on any atom is -0.486 e. The van der Waals surface area contributed by atoms with Gasteiger partial charge in [-0.25, -0.2) is 4.79 Å². The highest BCUT2D eigenvalue weighted by Gasteiger charge is 2.17. The number of hydrogen-bond acceptors (Lipinski definition) is 5. The maximum Gasteiger partial charge on any atom is 0.349 e. The molecule has 1 N–H and O–H groups in total. The second-order valence-corrected chi connectivity index (χ2v) is 6.50. The molecule has 0 spiro atoms. The van der Waals surface area contributed by atoms with Crippen molar-refractivity contribution in [2.24, 2.45) is 0 Å². The quantitative estimate of drug-likeness (QED) is 0.698. The number of halogens is 1. The van der Waals surface area contributed by atoms with E-state index in [1.54, 1.807) is 24.3 Å². The van der Waals surface area contributed by atoms with E-state index < -0.39 is 11.5 Å². The molecule has 0 bridgehead atoms. The van der Waals surface area contributed by atoms with Gasteiger partial charge in [-0.15, -0.1) is 0 Å². The summed E-state index contributed by atoms with van der Waals surface area (Å²) in [5.41, 5.74) is 0.669. The van der Waals surface area contributed by atoms with Crippen LogP contribution in [-0.2, 0) is 6.42 Å². The average molecular weight is 386 g/mol. The Kier molecular flexibility index (Phi) is 4.73. The van der Waals surface area contributed by atoms with E-state index in [9.17, 15) is 9.59 Å². The number of para-hydroxylation sites is 1. The van der Waals surface area contributed by atoms with Gasteiger partial charge in [-0.2, -0.15) is 0 Å². The minimum absolute atomic E-state index is 0.0195. The van der Waals surface area contributed by atoms with Gasteiger partial charge in [0.1, 0.15) is 24.4 Å².